The van der Waals surface area contributed by atoms with E-state index in [0.29, 0.717) is 6.04 Å². The van der Waals surface area contributed by atoms with Crippen LogP contribution in [0.4, 0.5) is 0 Å². The molecule has 1 aromatic heterocycles. The highest BCUT2D eigenvalue weighted by molar-refractivity contribution is 5.10. The zero-order valence-corrected chi connectivity index (χ0v) is 9.32. The Balaban J connectivity index is 2.62. The Hall–Kier alpha value is -0.870. The summed E-state index contributed by atoms with van der Waals surface area (Å²) in [4.78, 5) is 0. The first-order valence-corrected chi connectivity index (χ1v) is 4.86. The van der Waals surface area contributed by atoms with E-state index in [1.165, 1.54) is 5.56 Å². The highest BCUT2D eigenvalue weighted by atomic mass is 16.5. The van der Waals surface area contributed by atoms with Crippen LogP contribution in [0.25, 0.3) is 0 Å². The van der Waals surface area contributed by atoms with Gasteiger partial charge in [-0.25, -0.2) is 0 Å². The lowest BCUT2D eigenvalue weighted by atomic mass is 10.1. The molecule has 0 fully saturated rings. The molecular weight excluding hydrogens is 178 g/mol. The van der Waals surface area contributed by atoms with Crippen LogP contribution >= 0.6 is 0 Å². The fourth-order valence-corrected chi connectivity index (χ4v) is 1.47. The van der Waals surface area contributed by atoms with Crippen LogP contribution in [0.2, 0.25) is 0 Å². The molecule has 0 aliphatic carbocycles. The second kappa shape index (κ2) is 5.12. The summed E-state index contributed by atoms with van der Waals surface area (Å²) in [7, 11) is 5.62. The van der Waals surface area contributed by atoms with E-state index in [4.69, 9.17) is 4.74 Å². The lowest BCUT2D eigenvalue weighted by Gasteiger charge is -2.18. The maximum absolute atomic E-state index is 5.24. The van der Waals surface area contributed by atoms with Crippen molar-refractivity contribution in [2.24, 2.45) is 7.05 Å². The lowest BCUT2D eigenvalue weighted by molar-refractivity contribution is 0.101. The van der Waals surface area contributed by atoms with Crippen molar-refractivity contribution < 1.29 is 4.74 Å². The van der Waals surface area contributed by atoms with Crippen molar-refractivity contribution in [2.45, 2.75) is 25.5 Å². The quantitative estimate of drug-likeness (QED) is 0.768. The number of ether oxygens (including phenoxy) is 1. The van der Waals surface area contributed by atoms with E-state index in [2.05, 4.69) is 17.3 Å². The molecule has 4 heteroatoms. The van der Waals surface area contributed by atoms with Crippen LogP contribution in [0.15, 0.2) is 12.4 Å². The molecule has 14 heavy (non-hydrogen) atoms. The maximum atomic E-state index is 5.24. The van der Waals surface area contributed by atoms with Crippen molar-refractivity contribution in [3.05, 3.63) is 18.0 Å². The summed E-state index contributed by atoms with van der Waals surface area (Å²) in [6.45, 7) is 2.07. The molecule has 4 nitrogen and oxygen atoms in total. The molecule has 1 aromatic rings. The zero-order chi connectivity index (χ0) is 10.6. The van der Waals surface area contributed by atoms with Crippen LogP contribution < -0.4 is 5.32 Å². The third-order valence-corrected chi connectivity index (χ3v) is 2.45. The summed E-state index contributed by atoms with van der Waals surface area (Å²) in [5.74, 6) is 0. The van der Waals surface area contributed by atoms with Crippen molar-refractivity contribution in [1.29, 1.82) is 0 Å². The molecule has 1 heterocycles. The average molecular weight is 197 g/mol. The fourth-order valence-electron chi connectivity index (χ4n) is 1.47. The van der Waals surface area contributed by atoms with Crippen molar-refractivity contribution >= 4 is 0 Å². The standard InChI is InChI=1S/C10H19N3O/c1-8(14-4)5-10(11-2)9-6-12-13(3)7-9/h6-8,10-11H,5H2,1-4H3. The van der Waals surface area contributed by atoms with E-state index in [1.807, 2.05) is 31.2 Å². The number of rotatable bonds is 5. The van der Waals surface area contributed by atoms with Gasteiger partial charge in [0.2, 0.25) is 0 Å². The van der Waals surface area contributed by atoms with Gasteiger partial charge in [0.1, 0.15) is 0 Å². The number of hydrogen-bond donors (Lipinski definition) is 1. The summed E-state index contributed by atoms with van der Waals surface area (Å²) < 4.78 is 7.06. The SMILES string of the molecule is CNC(CC(C)OC)c1cnn(C)c1. The van der Waals surface area contributed by atoms with Crippen molar-refractivity contribution in [2.75, 3.05) is 14.2 Å². The van der Waals surface area contributed by atoms with Gasteiger partial charge in [-0.1, -0.05) is 0 Å². The Labute approximate surface area is 85.3 Å². The Morgan fingerprint density at radius 3 is 2.79 bits per heavy atom. The number of nitrogens with one attached hydrogen (secondary N) is 1. The van der Waals surface area contributed by atoms with Gasteiger partial charge in [0.25, 0.3) is 0 Å². The van der Waals surface area contributed by atoms with E-state index in [1.54, 1.807) is 7.11 Å². The number of hydrogen-bond acceptors (Lipinski definition) is 3. The van der Waals surface area contributed by atoms with E-state index in [-0.39, 0.29) is 6.10 Å². The van der Waals surface area contributed by atoms with Gasteiger partial charge < -0.3 is 10.1 Å². The first-order chi connectivity index (χ1) is 6.67. The number of aromatic nitrogens is 2. The highest BCUT2D eigenvalue weighted by Crippen LogP contribution is 2.17. The van der Waals surface area contributed by atoms with Crippen LogP contribution in [0.5, 0.6) is 0 Å². The summed E-state index contributed by atoms with van der Waals surface area (Å²) in [5.41, 5.74) is 1.21. The minimum atomic E-state index is 0.257. The number of methoxy groups -OCH3 is 1. The molecule has 0 aromatic carbocycles. The molecule has 1 rings (SSSR count). The predicted octanol–water partition coefficient (Wildman–Crippen LogP) is 1.11. The Morgan fingerprint density at radius 1 is 1.64 bits per heavy atom. The fraction of sp³-hybridized carbons (Fsp3) is 0.700. The van der Waals surface area contributed by atoms with Gasteiger partial charge >= 0.3 is 0 Å². The second-order valence-electron chi connectivity index (χ2n) is 3.57. The van der Waals surface area contributed by atoms with Crippen LogP contribution in [-0.2, 0) is 11.8 Å². The number of aryl methyl sites for hydroxylation is 1. The normalized spacial score (nSPS) is 15.4. The van der Waals surface area contributed by atoms with Gasteiger partial charge in [-0.15, -0.1) is 0 Å². The van der Waals surface area contributed by atoms with E-state index >= 15 is 0 Å². The van der Waals surface area contributed by atoms with Gasteiger partial charge in [-0.05, 0) is 20.4 Å². The first kappa shape index (κ1) is 11.2. The van der Waals surface area contributed by atoms with E-state index in [9.17, 15) is 0 Å². The average Bonchev–Trinajstić information content (AvgIpc) is 2.60. The predicted molar refractivity (Wildman–Crippen MR) is 56.1 cm³/mol. The molecule has 0 radical (unpaired) electrons. The maximum Gasteiger partial charge on any atom is 0.0561 e. The van der Waals surface area contributed by atoms with Crippen LogP contribution in [0.1, 0.15) is 24.9 Å². The Morgan fingerprint density at radius 2 is 2.36 bits per heavy atom. The molecule has 0 amide bonds. The molecule has 0 aliphatic rings. The Bertz CT molecular complexity index is 272. The molecule has 80 valence electrons. The van der Waals surface area contributed by atoms with Crippen molar-refractivity contribution in [1.82, 2.24) is 15.1 Å². The molecule has 2 unspecified atom stereocenters. The molecule has 2 atom stereocenters. The van der Waals surface area contributed by atoms with Gasteiger partial charge in [0.15, 0.2) is 0 Å². The lowest BCUT2D eigenvalue weighted by Crippen LogP contribution is -2.21. The third kappa shape index (κ3) is 2.82. The van der Waals surface area contributed by atoms with Gasteiger partial charge in [-0.2, -0.15) is 5.10 Å². The van der Waals surface area contributed by atoms with Crippen LogP contribution in [0.3, 0.4) is 0 Å². The van der Waals surface area contributed by atoms with Gasteiger partial charge in [-0.3, -0.25) is 4.68 Å². The first-order valence-electron chi connectivity index (χ1n) is 4.86. The summed E-state index contributed by atoms with van der Waals surface area (Å²) in [6, 6.07) is 0.318. The third-order valence-electron chi connectivity index (χ3n) is 2.45. The zero-order valence-electron chi connectivity index (χ0n) is 9.32. The van der Waals surface area contributed by atoms with Gasteiger partial charge in [0, 0.05) is 32.0 Å². The Kier molecular flexibility index (Phi) is 4.10. The van der Waals surface area contributed by atoms with Crippen LogP contribution in [-0.4, -0.2) is 30.0 Å². The molecule has 0 saturated carbocycles. The molecule has 0 aliphatic heterocycles. The second-order valence-corrected chi connectivity index (χ2v) is 3.57. The minimum absolute atomic E-state index is 0.257. The minimum Gasteiger partial charge on any atom is -0.382 e. The number of nitrogens with zero attached hydrogens (tertiary/aromatic N) is 2. The van der Waals surface area contributed by atoms with E-state index in [0.717, 1.165) is 6.42 Å². The monoisotopic (exact) mass is 197 g/mol. The molecule has 1 N–H and O–H groups in total. The smallest absolute Gasteiger partial charge is 0.0561 e. The highest BCUT2D eigenvalue weighted by Gasteiger charge is 2.14. The van der Waals surface area contributed by atoms with Crippen LogP contribution in [0, 0.1) is 0 Å². The summed E-state index contributed by atoms with van der Waals surface area (Å²) >= 11 is 0. The van der Waals surface area contributed by atoms with Gasteiger partial charge in [0.05, 0.1) is 12.3 Å². The molecule has 0 spiro atoms. The topological polar surface area (TPSA) is 39.1 Å². The summed E-state index contributed by atoms with van der Waals surface area (Å²) in [6.07, 6.45) is 5.14. The van der Waals surface area contributed by atoms with Crippen molar-refractivity contribution in [3.8, 4) is 0 Å². The molecule has 0 bridgehead atoms. The molecular formula is C10H19N3O. The van der Waals surface area contributed by atoms with Crippen molar-refractivity contribution in [3.63, 3.8) is 0 Å². The summed E-state index contributed by atoms with van der Waals surface area (Å²) in [5, 5.41) is 7.42. The largest absolute Gasteiger partial charge is 0.382 e. The van der Waals surface area contributed by atoms with E-state index < -0.39 is 0 Å². The molecule has 0 saturated heterocycles.